The van der Waals surface area contributed by atoms with Crippen LogP contribution in [-0.4, -0.2) is 59.4 Å². The Morgan fingerprint density at radius 2 is 1.88 bits per heavy atom. The van der Waals surface area contributed by atoms with Gasteiger partial charge in [0.2, 0.25) is 0 Å². The molecule has 0 atom stereocenters. The molecule has 1 N–H and O–H groups in total. The Kier molecular flexibility index (Phi) is 7.35. The van der Waals surface area contributed by atoms with Crippen molar-refractivity contribution in [3.63, 3.8) is 0 Å². The van der Waals surface area contributed by atoms with Crippen molar-refractivity contribution >= 4 is 11.7 Å². The zero-order valence-corrected chi connectivity index (χ0v) is 15.3. The lowest BCUT2D eigenvalue weighted by Gasteiger charge is -2.20. The highest BCUT2D eigenvalue weighted by molar-refractivity contribution is 5.92. The normalized spacial score (nSPS) is 10.7. The highest BCUT2D eigenvalue weighted by Crippen LogP contribution is 2.09. The van der Waals surface area contributed by atoms with Crippen LogP contribution in [0.15, 0.2) is 42.7 Å². The van der Waals surface area contributed by atoms with E-state index in [-0.39, 0.29) is 5.91 Å². The summed E-state index contributed by atoms with van der Waals surface area (Å²) in [6, 6.07) is 9.95. The molecular weight excluding hydrogens is 314 g/mol. The van der Waals surface area contributed by atoms with Gasteiger partial charge in [-0.15, -0.1) is 0 Å². The number of hydrogen-bond acceptors (Lipinski definition) is 5. The summed E-state index contributed by atoms with van der Waals surface area (Å²) in [6.45, 7) is 5.01. The van der Waals surface area contributed by atoms with Gasteiger partial charge in [0.25, 0.3) is 5.91 Å². The third-order valence-corrected chi connectivity index (χ3v) is 3.84. The summed E-state index contributed by atoms with van der Waals surface area (Å²) in [5, 5.41) is 3.22. The van der Waals surface area contributed by atoms with E-state index in [1.165, 1.54) is 0 Å². The summed E-state index contributed by atoms with van der Waals surface area (Å²) in [7, 11) is 4.10. The van der Waals surface area contributed by atoms with Crippen LogP contribution in [0.5, 0.6) is 0 Å². The molecule has 1 aromatic heterocycles. The van der Waals surface area contributed by atoms with E-state index in [0.717, 1.165) is 25.1 Å². The first-order chi connectivity index (χ1) is 12.1. The number of carbonyl (C=O) groups is 1. The fraction of sp³-hybridized carbons (Fsp3) is 0.421. The zero-order chi connectivity index (χ0) is 18.1. The van der Waals surface area contributed by atoms with Crippen LogP contribution in [0, 0.1) is 0 Å². The minimum atomic E-state index is -0.0991. The van der Waals surface area contributed by atoms with Gasteiger partial charge in [0.05, 0.1) is 12.4 Å². The van der Waals surface area contributed by atoms with Crippen LogP contribution in [0.3, 0.4) is 0 Å². The minimum absolute atomic E-state index is 0.0991. The number of aromatic nitrogens is 2. The van der Waals surface area contributed by atoms with Gasteiger partial charge < -0.3 is 15.1 Å². The third-order valence-electron chi connectivity index (χ3n) is 3.84. The van der Waals surface area contributed by atoms with E-state index in [2.05, 4.69) is 34.3 Å². The maximum atomic E-state index is 12.6. The summed E-state index contributed by atoms with van der Waals surface area (Å²) in [4.78, 5) is 25.1. The molecule has 0 aliphatic carbocycles. The van der Waals surface area contributed by atoms with E-state index < -0.39 is 0 Å². The predicted octanol–water partition coefficient (Wildman–Crippen LogP) is 2.50. The first kappa shape index (κ1) is 18.9. The molecule has 6 nitrogen and oxygen atoms in total. The van der Waals surface area contributed by atoms with Gasteiger partial charge >= 0.3 is 0 Å². The topological polar surface area (TPSA) is 61.4 Å². The third kappa shape index (κ3) is 6.15. The molecule has 6 heteroatoms. The molecule has 25 heavy (non-hydrogen) atoms. The molecule has 0 radical (unpaired) electrons. The van der Waals surface area contributed by atoms with Gasteiger partial charge in [-0.3, -0.25) is 4.79 Å². The molecule has 2 aromatic rings. The molecule has 0 bridgehead atoms. The Balaban J connectivity index is 1.91. The van der Waals surface area contributed by atoms with Crippen molar-refractivity contribution in [3.05, 3.63) is 54.0 Å². The lowest BCUT2D eigenvalue weighted by Crippen LogP contribution is -2.31. The molecule has 1 amide bonds. The number of hydrogen-bond donors (Lipinski definition) is 1. The molecule has 134 valence electrons. The van der Waals surface area contributed by atoms with Crippen LogP contribution in [0.4, 0.5) is 5.82 Å². The molecule has 1 aromatic carbocycles. The second kappa shape index (κ2) is 9.74. The van der Waals surface area contributed by atoms with Crippen molar-refractivity contribution in [3.8, 4) is 0 Å². The van der Waals surface area contributed by atoms with Crippen molar-refractivity contribution in [2.24, 2.45) is 0 Å². The molecule has 0 aliphatic rings. The first-order valence-electron chi connectivity index (χ1n) is 8.64. The predicted molar refractivity (Wildman–Crippen MR) is 101 cm³/mol. The van der Waals surface area contributed by atoms with Crippen LogP contribution < -0.4 is 5.32 Å². The van der Waals surface area contributed by atoms with Gasteiger partial charge in [0.1, 0.15) is 11.5 Å². The van der Waals surface area contributed by atoms with Gasteiger partial charge in [0, 0.05) is 19.6 Å². The Labute approximate surface area is 149 Å². The first-order valence-corrected chi connectivity index (χ1v) is 8.64. The summed E-state index contributed by atoms with van der Waals surface area (Å²) < 4.78 is 0. The van der Waals surface area contributed by atoms with E-state index in [1.807, 2.05) is 37.3 Å². The Hall–Kier alpha value is -2.47. The van der Waals surface area contributed by atoms with E-state index in [9.17, 15) is 4.79 Å². The van der Waals surface area contributed by atoms with Crippen molar-refractivity contribution in [2.45, 2.75) is 19.9 Å². The number of benzene rings is 1. The highest BCUT2D eigenvalue weighted by Gasteiger charge is 2.16. The van der Waals surface area contributed by atoms with E-state index in [4.69, 9.17) is 0 Å². The van der Waals surface area contributed by atoms with Crippen LogP contribution in [0.25, 0.3) is 0 Å². The van der Waals surface area contributed by atoms with Crippen molar-refractivity contribution in [2.75, 3.05) is 39.0 Å². The number of carbonyl (C=O) groups excluding carboxylic acids is 1. The highest BCUT2D eigenvalue weighted by atomic mass is 16.2. The Morgan fingerprint density at radius 3 is 2.48 bits per heavy atom. The molecule has 0 aliphatic heterocycles. The summed E-state index contributed by atoms with van der Waals surface area (Å²) in [6.07, 6.45) is 4.19. The number of rotatable bonds is 9. The second-order valence-electron chi connectivity index (χ2n) is 6.18. The summed E-state index contributed by atoms with van der Waals surface area (Å²) in [5.74, 6) is 0.597. The van der Waals surface area contributed by atoms with Crippen LogP contribution >= 0.6 is 0 Å². The van der Waals surface area contributed by atoms with Crippen LogP contribution in [0.2, 0.25) is 0 Å². The zero-order valence-electron chi connectivity index (χ0n) is 15.3. The SMILES string of the molecule is CCN(Cc1ccccc1)C(=O)c1cnc(NCCCN(C)C)cn1. The maximum absolute atomic E-state index is 12.6. The number of nitrogens with zero attached hydrogens (tertiary/aromatic N) is 4. The van der Waals surface area contributed by atoms with Gasteiger partial charge in [-0.1, -0.05) is 30.3 Å². The summed E-state index contributed by atoms with van der Waals surface area (Å²) in [5.41, 5.74) is 1.47. The number of amides is 1. The minimum Gasteiger partial charge on any atom is -0.369 e. The standard InChI is InChI=1S/C19H27N5O/c1-4-24(15-16-9-6-5-7-10-16)19(25)17-13-22-18(14-21-17)20-11-8-12-23(2)3/h5-7,9-10,13-14H,4,8,11-12,15H2,1-3H3,(H,20,22). The fourth-order valence-corrected chi connectivity index (χ4v) is 2.43. The molecule has 0 fully saturated rings. The quantitative estimate of drug-likeness (QED) is 0.710. The van der Waals surface area contributed by atoms with Gasteiger partial charge in [0.15, 0.2) is 0 Å². The maximum Gasteiger partial charge on any atom is 0.274 e. The van der Waals surface area contributed by atoms with Gasteiger partial charge in [-0.2, -0.15) is 0 Å². The van der Waals surface area contributed by atoms with E-state index in [0.29, 0.717) is 24.6 Å². The molecule has 2 rings (SSSR count). The second-order valence-corrected chi connectivity index (χ2v) is 6.18. The van der Waals surface area contributed by atoms with Gasteiger partial charge in [-0.25, -0.2) is 9.97 Å². The van der Waals surface area contributed by atoms with E-state index in [1.54, 1.807) is 17.3 Å². The molecule has 0 unspecified atom stereocenters. The average Bonchev–Trinajstić information content (AvgIpc) is 2.64. The van der Waals surface area contributed by atoms with Crippen molar-refractivity contribution in [1.29, 1.82) is 0 Å². The largest absolute Gasteiger partial charge is 0.369 e. The molecule has 0 saturated heterocycles. The molecule has 0 spiro atoms. The lowest BCUT2D eigenvalue weighted by molar-refractivity contribution is 0.0746. The Morgan fingerprint density at radius 1 is 1.12 bits per heavy atom. The van der Waals surface area contributed by atoms with Gasteiger partial charge in [-0.05, 0) is 39.5 Å². The van der Waals surface area contributed by atoms with E-state index >= 15 is 0 Å². The monoisotopic (exact) mass is 341 g/mol. The fourth-order valence-electron chi connectivity index (χ4n) is 2.43. The van der Waals surface area contributed by atoms with Crippen LogP contribution in [0.1, 0.15) is 29.4 Å². The molecule has 0 saturated carbocycles. The molecule has 1 heterocycles. The Bertz CT molecular complexity index is 643. The van der Waals surface area contributed by atoms with Crippen LogP contribution in [-0.2, 0) is 6.54 Å². The number of nitrogens with one attached hydrogen (secondary N) is 1. The lowest BCUT2D eigenvalue weighted by atomic mass is 10.2. The summed E-state index contributed by atoms with van der Waals surface area (Å²) >= 11 is 0. The average molecular weight is 341 g/mol. The molecular formula is C19H27N5O. The smallest absolute Gasteiger partial charge is 0.274 e. The van der Waals surface area contributed by atoms with Crippen molar-refractivity contribution < 1.29 is 4.79 Å². The number of anilines is 1. The van der Waals surface area contributed by atoms with Crippen molar-refractivity contribution in [1.82, 2.24) is 19.8 Å².